The number of para-hydroxylation sites is 4. The van der Waals surface area contributed by atoms with Crippen LogP contribution in [0.15, 0.2) is 291 Å². The van der Waals surface area contributed by atoms with Crippen LogP contribution in [0.25, 0.3) is 107 Å². The summed E-state index contributed by atoms with van der Waals surface area (Å²) in [5.74, 6) is 3.24. The zero-order valence-corrected chi connectivity index (χ0v) is 49.3. The average Bonchev–Trinajstić information content (AvgIpc) is 0.809. The first-order chi connectivity index (χ1) is 44.5. The first-order valence-corrected chi connectivity index (χ1v) is 30.5. The lowest BCUT2D eigenvalue weighted by atomic mass is 9.33. The molecule has 0 amide bonds. The van der Waals surface area contributed by atoms with E-state index in [1.807, 2.05) is 78.9 Å². The van der Waals surface area contributed by atoms with Gasteiger partial charge in [-0.25, -0.2) is 29.9 Å². The molecule has 9 nitrogen and oxygen atoms in total. The molecule has 0 bridgehead atoms. The van der Waals surface area contributed by atoms with E-state index in [1.165, 1.54) is 33.2 Å². The standard InChI is InChI=1S/C80H54BN9/c1-51-39-43-67-62(47-51)63-48-52(2)40-44-68(63)90(67)69-45-41-58(79-83-75(53-23-8-3-9-24-53)82-76(84-79)54-25-10-4-11-26-54)50-64(69)80-86-77(55-27-12-5-13-28-55)85-78(87-80)57-30-22-29-56(49-57)61-42-46-72-73-74(61)89(60-33-16-7-17-34-60)71-38-21-19-36-66(71)81(73)65-35-18-20-37-70(65)88(72)59-31-14-6-15-32-59/h3-50H,1-2H3. The summed E-state index contributed by atoms with van der Waals surface area (Å²) >= 11 is 0. The van der Waals surface area contributed by atoms with Gasteiger partial charge in [-0.15, -0.1) is 0 Å². The molecule has 17 rings (SSSR count). The molecule has 0 atom stereocenters. The Kier molecular flexibility index (Phi) is 12.5. The molecule has 0 saturated heterocycles. The SMILES string of the molecule is Cc1ccc2c(c1)c1cc(C)ccc1n2-c1ccc(-c2nc(-c3ccccc3)nc(-c3ccccc3)n2)cc1-c1nc(-c2ccccc2)nc(-c2cccc(-c3ccc4c5c3N(c3ccccc3)c3ccccc3B5c3ccccc3N4c3ccccc3)c2)n1. The van der Waals surface area contributed by atoms with Gasteiger partial charge < -0.3 is 14.4 Å². The molecule has 2 aliphatic rings. The molecule has 15 aromatic rings. The Balaban J connectivity index is 0.904. The molecule has 5 heterocycles. The maximum Gasteiger partial charge on any atom is 0.252 e. The lowest BCUT2D eigenvalue weighted by molar-refractivity contribution is 1.06. The zero-order valence-electron chi connectivity index (χ0n) is 49.3. The number of benzene rings is 12. The molecule has 10 heteroatoms. The Morgan fingerprint density at radius 2 is 0.689 bits per heavy atom. The molecule has 2 aliphatic heterocycles. The maximum absolute atomic E-state index is 5.65. The Bertz CT molecular complexity index is 5160. The van der Waals surface area contributed by atoms with E-state index in [-0.39, 0.29) is 6.71 Å². The molecular formula is C80H54BN9. The van der Waals surface area contributed by atoms with Crippen LogP contribution in [0.1, 0.15) is 11.1 Å². The van der Waals surface area contributed by atoms with Crippen LogP contribution in [0.5, 0.6) is 0 Å². The highest BCUT2D eigenvalue weighted by Gasteiger charge is 2.44. The van der Waals surface area contributed by atoms with Gasteiger partial charge in [0.2, 0.25) is 0 Å². The normalized spacial score (nSPS) is 12.3. The van der Waals surface area contributed by atoms with Crippen LogP contribution in [0.2, 0.25) is 0 Å². The topological polar surface area (TPSA) is 88.7 Å². The minimum Gasteiger partial charge on any atom is -0.311 e. The molecule has 12 aromatic carbocycles. The van der Waals surface area contributed by atoms with Crippen LogP contribution in [-0.4, -0.2) is 41.2 Å². The van der Waals surface area contributed by atoms with Crippen LogP contribution in [0, 0.1) is 13.8 Å². The van der Waals surface area contributed by atoms with E-state index in [1.54, 1.807) is 0 Å². The van der Waals surface area contributed by atoms with Crippen molar-refractivity contribution in [1.82, 2.24) is 34.5 Å². The summed E-state index contributed by atoms with van der Waals surface area (Å²) in [5.41, 5.74) is 23.0. The number of hydrogen-bond donors (Lipinski definition) is 0. The van der Waals surface area contributed by atoms with Gasteiger partial charge in [-0.3, -0.25) is 0 Å². The van der Waals surface area contributed by atoms with Gasteiger partial charge >= 0.3 is 0 Å². The molecule has 3 aromatic heterocycles. The van der Waals surface area contributed by atoms with Gasteiger partial charge in [0.15, 0.2) is 34.9 Å². The quantitative estimate of drug-likeness (QED) is 0.125. The van der Waals surface area contributed by atoms with Gasteiger partial charge in [0.1, 0.15) is 0 Å². The first-order valence-electron chi connectivity index (χ1n) is 30.5. The molecule has 0 aliphatic carbocycles. The monoisotopic (exact) mass is 1150 g/mol. The smallest absolute Gasteiger partial charge is 0.252 e. The molecule has 90 heavy (non-hydrogen) atoms. The first kappa shape index (κ1) is 52.5. The van der Waals surface area contributed by atoms with Crippen molar-refractivity contribution in [2.24, 2.45) is 0 Å². The minimum atomic E-state index is -0.0510. The van der Waals surface area contributed by atoms with Gasteiger partial charge in [0, 0.05) is 78.2 Å². The van der Waals surface area contributed by atoms with Crippen molar-refractivity contribution in [3.05, 3.63) is 302 Å². The predicted molar refractivity (Wildman–Crippen MR) is 369 cm³/mol. The summed E-state index contributed by atoms with van der Waals surface area (Å²) in [6.07, 6.45) is 0. The second-order valence-corrected chi connectivity index (χ2v) is 23.2. The highest BCUT2D eigenvalue weighted by molar-refractivity contribution is 7.00. The molecule has 0 radical (unpaired) electrons. The van der Waals surface area contributed by atoms with Crippen molar-refractivity contribution in [1.29, 1.82) is 0 Å². The van der Waals surface area contributed by atoms with Crippen LogP contribution in [-0.2, 0) is 0 Å². The third kappa shape index (κ3) is 8.87. The Morgan fingerprint density at radius 3 is 1.22 bits per heavy atom. The summed E-state index contributed by atoms with van der Waals surface area (Å²) < 4.78 is 2.36. The summed E-state index contributed by atoms with van der Waals surface area (Å²) in [7, 11) is 0. The number of hydrogen-bond acceptors (Lipinski definition) is 8. The fraction of sp³-hybridized carbons (Fsp3) is 0.0250. The second kappa shape index (κ2) is 21.5. The summed E-state index contributed by atoms with van der Waals surface area (Å²) in [5, 5.41) is 2.33. The highest BCUT2D eigenvalue weighted by atomic mass is 15.2. The average molecular weight is 1150 g/mol. The maximum atomic E-state index is 5.65. The molecule has 0 spiro atoms. The van der Waals surface area contributed by atoms with Crippen LogP contribution < -0.4 is 26.2 Å². The highest BCUT2D eigenvalue weighted by Crippen LogP contribution is 2.48. The van der Waals surface area contributed by atoms with E-state index >= 15 is 0 Å². The van der Waals surface area contributed by atoms with Crippen molar-refractivity contribution in [2.75, 3.05) is 9.80 Å². The van der Waals surface area contributed by atoms with Crippen molar-refractivity contribution < 1.29 is 0 Å². The van der Waals surface area contributed by atoms with E-state index in [0.717, 1.165) is 100 Å². The largest absolute Gasteiger partial charge is 0.311 e. The van der Waals surface area contributed by atoms with Crippen LogP contribution in [0.4, 0.5) is 34.1 Å². The molecule has 0 unspecified atom stereocenters. The van der Waals surface area contributed by atoms with Gasteiger partial charge in [-0.05, 0) is 127 Å². The number of aryl methyl sites for hydroxylation is 2. The van der Waals surface area contributed by atoms with E-state index in [9.17, 15) is 0 Å². The van der Waals surface area contributed by atoms with Crippen LogP contribution >= 0.6 is 0 Å². The number of anilines is 6. The van der Waals surface area contributed by atoms with Gasteiger partial charge in [0.05, 0.1) is 22.4 Å². The number of aromatic nitrogens is 7. The molecule has 0 saturated carbocycles. The lowest BCUT2D eigenvalue weighted by Gasteiger charge is -2.45. The lowest BCUT2D eigenvalue weighted by Crippen LogP contribution is -2.61. The number of nitrogens with zero attached hydrogens (tertiary/aromatic N) is 9. The minimum absolute atomic E-state index is 0.0510. The zero-order chi connectivity index (χ0) is 59.8. The molecule has 422 valence electrons. The predicted octanol–water partition coefficient (Wildman–Crippen LogP) is 17.5. The fourth-order valence-electron chi connectivity index (χ4n) is 13.5. The number of fused-ring (bicyclic) bond motifs is 7. The van der Waals surface area contributed by atoms with Crippen LogP contribution in [0.3, 0.4) is 0 Å². The van der Waals surface area contributed by atoms with Crippen molar-refractivity contribution in [3.63, 3.8) is 0 Å². The number of rotatable bonds is 10. The van der Waals surface area contributed by atoms with Crippen molar-refractivity contribution in [3.8, 4) is 85.1 Å². The van der Waals surface area contributed by atoms with Crippen molar-refractivity contribution in [2.45, 2.75) is 13.8 Å². The van der Waals surface area contributed by atoms with Gasteiger partial charge in [0.25, 0.3) is 6.71 Å². The van der Waals surface area contributed by atoms with E-state index in [4.69, 9.17) is 29.9 Å². The van der Waals surface area contributed by atoms with E-state index < -0.39 is 0 Å². The van der Waals surface area contributed by atoms with E-state index in [0.29, 0.717) is 34.9 Å². The molecule has 0 fully saturated rings. The fourth-order valence-corrected chi connectivity index (χ4v) is 13.5. The van der Waals surface area contributed by atoms with E-state index in [2.05, 4.69) is 241 Å². The summed E-state index contributed by atoms with van der Waals surface area (Å²) in [6.45, 7) is 4.26. The summed E-state index contributed by atoms with van der Waals surface area (Å²) in [6, 6.07) is 103. The Labute approximate surface area is 521 Å². The van der Waals surface area contributed by atoms with Gasteiger partial charge in [-0.1, -0.05) is 211 Å². The third-order valence-corrected chi connectivity index (χ3v) is 17.6. The Morgan fingerprint density at radius 1 is 0.278 bits per heavy atom. The second-order valence-electron chi connectivity index (χ2n) is 23.2. The molecule has 0 N–H and O–H groups in total. The van der Waals surface area contributed by atoms with Crippen molar-refractivity contribution >= 4 is 79.0 Å². The third-order valence-electron chi connectivity index (χ3n) is 17.6. The molecular weight excluding hydrogens is 1100 g/mol. The Hall–Kier alpha value is -11.9. The van der Waals surface area contributed by atoms with Gasteiger partial charge in [-0.2, -0.15) is 0 Å². The summed E-state index contributed by atoms with van der Waals surface area (Å²) in [4.78, 5) is 37.1.